The Labute approximate surface area is 198 Å². The van der Waals surface area contributed by atoms with Gasteiger partial charge in [-0.3, -0.25) is 19.2 Å². The van der Waals surface area contributed by atoms with Gasteiger partial charge in [0.2, 0.25) is 17.7 Å². The fourth-order valence-electron chi connectivity index (χ4n) is 5.16. The zero-order valence-corrected chi connectivity index (χ0v) is 19.2. The van der Waals surface area contributed by atoms with Gasteiger partial charge in [-0.1, -0.05) is 24.3 Å². The highest BCUT2D eigenvalue weighted by atomic mass is 16.5. The van der Waals surface area contributed by atoms with E-state index < -0.39 is 11.9 Å². The number of aryl methyl sites for hydroxylation is 2. The maximum Gasteiger partial charge on any atom is 0.316 e. The van der Waals surface area contributed by atoms with Gasteiger partial charge in [0.25, 0.3) is 0 Å². The van der Waals surface area contributed by atoms with Gasteiger partial charge in [-0.2, -0.15) is 0 Å². The molecule has 7 heteroatoms. The molecule has 3 unspecified atom stereocenters. The molecule has 2 aromatic rings. The molecule has 2 aromatic carbocycles. The summed E-state index contributed by atoms with van der Waals surface area (Å²) in [5, 5.41) is 0. The monoisotopic (exact) mass is 458 g/mol. The quantitative estimate of drug-likeness (QED) is 0.302. The summed E-state index contributed by atoms with van der Waals surface area (Å²) in [6.07, 6.45) is 5.09. The standard InChI is InChI=1S/C27H26N2O5/c1-16-10-17(2)12-20(11-16)28-15-18(13-24(28)30)27(33)34-21-7-5-6-19(14-21)29-25(31)22-8-3-4-9-23(22)26(29)32/h3-7,10-12,14,18,22-23H,8-9,13,15H2,1-2H3. The van der Waals surface area contributed by atoms with Crippen LogP contribution in [0.15, 0.2) is 54.6 Å². The van der Waals surface area contributed by atoms with Crippen molar-refractivity contribution in [3.8, 4) is 5.75 Å². The first-order valence-corrected chi connectivity index (χ1v) is 11.5. The number of benzene rings is 2. The third kappa shape index (κ3) is 3.91. The number of anilines is 2. The first-order valence-electron chi connectivity index (χ1n) is 11.5. The number of fused-ring (bicyclic) bond motifs is 1. The zero-order chi connectivity index (χ0) is 24.0. The number of rotatable bonds is 4. The lowest BCUT2D eigenvalue weighted by Gasteiger charge is -2.18. The lowest BCUT2D eigenvalue weighted by molar-refractivity contribution is -0.139. The second-order valence-corrected chi connectivity index (χ2v) is 9.34. The first kappa shape index (κ1) is 22.1. The van der Waals surface area contributed by atoms with Gasteiger partial charge in [-0.25, -0.2) is 4.90 Å². The second-order valence-electron chi connectivity index (χ2n) is 9.34. The van der Waals surface area contributed by atoms with E-state index in [4.69, 9.17) is 4.74 Å². The molecule has 2 heterocycles. The van der Waals surface area contributed by atoms with Crippen molar-refractivity contribution in [1.29, 1.82) is 0 Å². The number of carbonyl (C=O) groups is 4. The number of nitrogens with zero attached hydrogens (tertiary/aromatic N) is 2. The number of amides is 3. The summed E-state index contributed by atoms with van der Waals surface area (Å²) in [6, 6.07) is 12.4. The van der Waals surface area contributed by atoms with Gasteiger partial charge in [0.15, 0.2) is 0 Å². The summed E-state index contributed by atoms with van der Waals surface area (Å²) in [5.74, 6) is -2.07. The summed E-state index contributed by atoms with van der Waals surface area (Å²) in [6.45, 7) is 4.19. The van der Waals surface area contributed by atoms with Crippen LogP contribution in [0.3, 0.4) is 0 Å². The number of carbonyl (C=O) groups excluding carboxylic acids is 4. The molecular weight excluding hydrogens is 432 g/mol. The van der Waals surface area contributed by atoms with E-state index in [0.29, 0.717) is 18.5 Å². The predicted molar refractivity (Wildman–Crippen MR) is 126 cm³/mol. The second kappa shape index (κ2) is 8.56. The van der Waals surface area contributed by atoms with Gasteiger partial charge in [-0.05, 0) is 62.1 Å². The molecule has 7 nitrogen and oxygen atoms in total. The van der Waals surface area contributed by atoms with Crippen molar-refractivity contribution in [3.05, 3.63) is 65.7 Å². The van der Waals surface area contributed by atoms with Crippen LogP contribution < -0.4 is 14.5 Å². The van der Waals surface area contributed by atoms with Crippen LogP contribution in [-0.4, -0.2) is 30.2 Å². The molecule has 3 atom stereocenters. The maximum absolute atomic E-state index is 12.9. The molecule has 0 spiro atoms. The molecule has 2 aliphatic heterocycles. The topological polar surface area (TPSA) is 84.0 Å². The van der Waals surface area contributed by atoms with Gasteiger partial charge >= 0.3 is 5.97 Å². The van der Waals surface area contributed by atoms with Gasteiger partial charge in [-0.15, -0.1) is 0 Å². The highest BCUT2D eigenvalue weighted by molar-refractivity contribution is 6.22. The van der Waals surface area contributed by atoms with Crippen molar-refractivity contribution in [2.24, 2.45) is 17.8 Å². The minimum atomic E-state index is -0.596. The van der Waals surface area contributed by atoms with E-state index in [1.165, 1.54) is 11.0 Å². The van der Waals surface area contributed by atoms with Crippen LogP contribution in [0.4, 0.5) is 11.4 Å². The minimum absolute atomic E-state index is 0.0744. The summed E-state index contributed by atoms with van der Waals surface area (Å²) < 4.78 is 5.59. The summed E-state index contributed by atoms with van der Waals surface area (Å²) in [4.78, 5) is 54.1. The molecule has 0 bridgehead atoms. The van der Waals surface area contributed by atoms with Gasteiger partial charge in [0.1, 0.15) is 5.75 Å². The normalized spacial score (nSPS) is 24.1. The van der Waals surface area contributed by atoms with Crippen LogP contribution in [-0.2, 0) is 19.2 Å². The van der Waals surface area contributed by atoms with Crippen molar-refractivity contribution in [1.82, 2.24) is 0 Å². The molecule has 0 radical (unpaired) electrons. The Hall–Kier alpha value is -3.74. The predicted octanol–water partition coefficient (Wildman–Crippen LogP) is 3.72. The van der Waals surface area contributed by atoms with Crippen molar-refractivity contribution in [3.63, 3.8) is 0 Å². The number of allylic oxidation sites excluding steroid dienone is 2. The Kier molecular flexibility index (Phi) is 5.55. The Bertz CT molecular complexity index is 1190. The smallest absolute Gasteiger partial charge is 0.316 e. The molecule has 1 aliphatic carbocycles. The third-order valence-electron chi connectivity index (χ3n) is 6.78. The van der Waals surface area contributed by atoms with E-state index in [2.05, 4.69) is 0 Å². The molecule has 174 valence electrons. The van der Waals surface area contributed by atoms with E-state index >= 15 is 0 Å². The van der Waals surface area contributed by atoms with E-state index in [1.54, 1.807) is 23.1 Å². The minimum Gasteiger partial charge on any atom is -0.426 e. The summed E-state index contributed by atoms with van der Waals surface area (Å²) in [5.41, 5.74) is 3.27. The van der Waals surface area contributed by atoms with E-state index in [1.807, 2.05) is 44.2 Å². The number of esters is 1. The van der Waals surface area contributed by atoms with Gasteiger partial charge in [0, 0.05) is 24.7 Å². The van der Waals surface area contributed by atoms with E-state index in [0.717, 1.165) is 16.8 Å². The first-order chi connectivity index (χ1) is 16.3. The molecule has 0 saturated carbocycles. The highest BCUT2D eigenvalue weighted by Gasteiger charge is 2.48. The number of imide groups is 1. The fourth-order valence-corrected chi connectivity index (χ4v) is 5.16. The Morgan fingerprint density at radius 2 is 1.53 bits per heavy atom. The van der Waals surface area contributed by atoms with Gasteiger partial charge < -0.3 is 9.64 Å². The molecular formula is C27H26N2O5. The molecule has 3 aliphatic rings. The highest BCUT2D eigenvalue weighted by Crippen LogP contribution is 2.38. The van der Waals surface area contributed by atoms with Crippen LogP contribution in [0.25, 0.3) is 0 Å². The fraction of sp³-hybridized carbons (Fsp3) is 0.333. The maximum atomic E-state index is 12.9. The SMILES string of the molecule is Cc1cc(C)cc(N2CC(C(=O)Oc3cccc(N4C(=O)C5CC=CCC5C4=O)c3)CC2=O)c1. The molecule has 5 rings (SSSR count). The number of hydrogen-bond acceptors (Lipinski definition) is 5. The van der Waals surface area contributed by atoms with Crippen molar-refractivity contribution >= 4 is 35.1 Å². The Morgan fingerprint density at radius 1 is 0.882 bits per heavy atom. The summed E-state index contributed by atoms with van der Waals surface area (Å²) >= 11 is 0. The molecule has 0 N–H and O–H groups in total. The third-order valence-corrected chi connectivity index (χ3v) is 6.78. The lowest BCUT2D eigenvalue weighted by atomic mass is 9.85. The van der Waals surface area contributed by atoms with Crippen LogP contribution in [0, 0.1) is 31.6 Å². The van der Waals surface area contributed by atoms with Crippen molar-refractivity contribution in [2.45, 2.75) is 33.1 Å². The summed E-state index contributed by atoms with van der Waals surface area (Å²) in [7, 11) is 0. The van der Waals surface area contributed by atoms with Crippen LogP contribution in [0.2, 0.25) is 0 Å². The zero-order valence-electron chi connectivity index (χ0n) is 19.2. The van der Waals surface area contributed by atoms with E-state index in [9.17, 15) is 19.2 Å². The molecule has 3 amide bonds. The lowest BCUT2D eigenvalue weighted by Crippen LogP contribution is -2.31. The average molecular weight is 459 g/mol. The molecule has 34 heavy (non-hydrogen) atoms. The van der Waals surface area contributed by atoms with Crippen molar-refractivity contribution < 1.29 is 23.9 Å². The molecule has 2 fully saturated rings. The van der Waals surface area contributed by atoms with Crippen molar-refractivity contribution in [2.75, 3.05) is 16.3 Å². The molecule has 0 aromatic heterocycles. The molecule has 2 saturated heterocycles. The average Bonchev–Trinajstić information content (AvgIpc) is 3.31. The Morgan fingerprint density at radius 3 is 2.18 bits per heavy atom. The van der Waals surface area contributed by atoms with Crippen LogP contribution in [0.1, 0.15) is 30.4 Å². The van der Waals surface area contributed by atoms with Crippen LogP contribution >= 0.6 is 0 Å². The number of hydrogen-bond donors (Lipinski definition) is 0. The van der Waals surface area contributed by atoms with Gasteiger partial charge in [0.05, 0.1) is 23.4 Å². The van der Waals surface area contributed by atoms with Crippen LogP contribution in [0.5, 0.6) is 5.75 Å². The largest absolute Gasteiger partial charge is 0.426 e. The number of ether oxygens (including phenoxy) is 1. The Balaban J connectivity index is 1.30. The van der Waals surface area contributed by atoms with E-state index in [-0.39, 0.29) is 48.3 Å².